The van der Waals surface area contributed by atoms with E-state index in [2.05, 4.69) is 5.32 Å². The predicted octanol–water partition coefficient (Wildman–Crippen LogP) is 3.91. The van der Waals surface area contributed by atoms with E-state index in [9.17, 15) is 15.2 Å². The Morgan fingerprint density at radius 1 is 1.38 bits per heavy atom. The van der Waals surface area contributed by atoms with Gasteiger partial charge in [-0.2, -0.15) is 5.26 Å². The summed E-state index contributed by atoms with van der Waals surface area (Å²) in [7, 11) is 1.38. The number of para-hydroxylation sites is 1. The van der Waals surface area contributed by atoms with Crippen molar-refractivity contribution >= 4 is 29.3 Å². The normalized spacial score (nSPS) is 10.8. The lowest BCUT2D eigenvalue weighted by molar-refractivity contribution is -0.112. The van der Waals surface area contributed by atoms with Crippen LogP contribution in [-0.2, 0) is 4.79 Å². The second kappa shape index (κ2) is 7.53. The number of phenolic OH excluding ortho intramolecular Hbond substituents is 1. The van der Waals surface area contributed by atoms with Crippen LogP contribution in [0.15, 0.2) is 42.0 Å². The van der Waals surface area contributed by atoms with E-state index < -0.39 is 5.91 Å². The maximum atomic E-state index is 12.3. The van der Waals surface area contributed by atoms with E-state index in [4.69, 9.17) is 16.3 Å². The molecule has 2 N–H and O–H groups in total. The van der Waals surface area contributed by atoms with Crippen molar-refractivity contribution in [3.05, 3.63) is 58.1 Å². The summed E-state index contributed by atoms with van der Waals surface area (Å²) < 4.78 is 5.01. The van der Waals surface area contributed by atoms with E-state index >= 15 is 0 Å². The third-order valence-corrected chi connectivity index (χ3v) is 3.63. The first-order valence-electron chi connectivity index (χ1n) is 7.01. The molecule has 0 aliphatic rings. The highest BCUT2D eigenvalue weighted by molar-refractivity contribution is 6.32. The van der Waals surface area contributed by atoms with Gasteiger partial charge in [-0.15, -0.1) is 0 Å². The number of carbonyl (C=O) groups is 1. The standard InChI is InChI=1S/C18H15ClN2O3/c1-11-5-3-4-6-15(11)21-18(23)13(10-20)7-12-8-14(19)17(22)16(9-12)24-2/h3-9,22H,1-2H3,(H,21,23)/b13-7-. The average molecular weight is 343 g/mol. The maximum absolute atomic E-state index is 12.3. The van der Waals surface area contributed by atoms with Crippen LogP contribution in [0.25, 0.3) is 6.08 Å². The van der Waals surface area contributed by atoms with Gasteiger partial charge in [-0.05, 0) is 42.3 Å². The molecule has 0 aliphatic carbocycles. The van der Waals surface area contributed by atoms with Crippen molar-refractivity contribution in [2.45, 2.75) is 6.92 Å². The summed E-state index contributed by atoms with van der Waals surface area (Å²) >= 11 is 5.91. The molecule has 0 bridgehead atoms. The largest absolute Gasteiger partial charge is 0.503 e. The van der Waals surface area contributed by atoms with Gasteiger partial charge in [0.15, 0.2) is 11.5 Å². The monoisotopic (exact) mass is 342 g/mol. The number of hydrogen-bond donors (Lipinski definition) is 2. The minimum Gasteiger partial charge on any atom is -0.503 e. The van der Waals surface area contributed by atoms with Crippen LogP contribution in [-0.4, -0.2) is 18.1 Å². The number of carbonyl (C=O) groups excluding carboxylic acids is 1. The second-order valence-electron chi connectivity index (χ2n) is 4.99. The van der Waals surface area contributed by atoms with Crippen molar-refractivity contribution in [2.24, 2.45) is 0 Å². The fraction of sp³-hybridized carbons (Fsp3) is 0.111. The fourth-order valence-corrected chi connectivity index (χ4v) is 2.27. The number of anilines is 1. The number of halogens is 1. The van der Waals surface area contributed by atoms with Crippen LogP contribution in [0.2, 0.25) is 5.02 Å². The van der Waals surface area contributed by atoms with Crippen molar-refractivity contribution < 1.29 is 14.6 Å². The SMILES string of the molecule is COc1cc(/C=C(/C#N)C(=O)Nc2ccccc2C)cc(Cl)c1O. The first-order chi connectivity index (χ1) is 11.5. The molecule has 0 saturated heterocycles. The number of ether oxygens (including phenoxy) is 1. The van der Waals surface area contributed by atoms with E-state index in [0.717, 1.165) is 5.56 Å². The summed E-state index contributed by atoms with van der Waals surface area (Å²) in [5, 5.41) is 21.7. The van der Waals surface area contributed by atoms with Gasteiger partial charge < -0.3 is 15.2 Å². The predicted molar refractivity (Wildman–Crippen MR) is 93.1 cm³/mol. The van der Waals surface area contributed by atoms with Crippen LogP contribution in [0.5, 0.6) is 11.5 Å². The Hall–Kier alpha value is -2.97. The van der Waals surface area contributed by atoms with Crippen molar-refractivity contribution in [2.75, 3.05) is 12.4 Å². The Balaban J connectivity index is 2.33. The number of methoxy groups -OCH3 is 1. The Kier molecular flexibility index (Phi) is 5.46. The lowest BCUT2D eigenvalue weighted by Gasteiger charge is -2.08. The first kappa shape index (κ1) is 17.4. The van der Waals surface area contributed by atoms with E-state index in [1.165, 1.54) is 25.3 Å². The van der Waals surface area contributed by atoms with Crippen LogP contribution >= 0.6 is 11.6 Å². The Bertz CT molecular complexity index is 854. The third kappa shape index (κ3) is 3.86. The molecule has 0 saturated carbocycles. The molecule has 0 radical (unpaired) electrons. The molecule has 5 nitrogen and oxygen atoms in total. The van der Waals surface area contributed by atoms with Crippen LogP contribution in [0.3, 0.4) is 0 Å². The van der Waals surface area contributed by atoms with Crippen molar-refractivity contribution in [3.8, 4) is 17.6 Å². The quantitative estimate of drug-likeness (QED) is 0.652. The maximum Gasteiger partial charge on any atom is 0.266 e. The molecule has 0 atom stereocenters. The van der Waals surface area contributed by atoms with E-state index in [1.807, 2.05) is 25.1 Å². The summed E-state index contributed by atoms with van der Waals surface area (Å²) in [6, 6.07) is 12.1. The number of nitriles is 1. The zero-order valence-corrected chi connectivity index (χ0v) is 13.9. The Morgan fingerprint density at radius 3 is 2.71 bits per heavy atom. The highest BCUT2D eigenvalue weighted by Crippen LogP contribution is 2.35. The number of nitrogens with one attached hydrogen (secondary N) is 1. The van der Waals surface area contributed by atoms with Gasteiger partial charge in [0.25, 0.3) is 5.91 Å². The molecular formula is C18H15ClN2O3. The average Bonchev–Trinajstić information content (AvgIpc) is 2.57. The summed E-state index contributed by atoms with van der Waals surface area (Å²) in [6.45, 7) is 1.86. The number of benzene rings is 2. The Morgan fingerprint density at radius 2 is 2.08 bits per heavy atom. The van der Waals surface area contributed by atoms with Gasteiger partial charge in [0, 0.05) is 5.69 Å². The number of hydrogen-bond acceptors (Lipinski definition) is 4. The number of rotatable bonds is 4. The van der Waals surface area contributed by atoms with Gasteiger partial charge in [-0.3, -0.25) is 4.79 Å². The van der Waals surface area contributed by atoms with Gasteiger partial charge >= 0.3 is 0 Å². The van der Waals surface area contributed by atoms with Crippen LogP contribution in [0, 0.1) is 18.3 Å². The molecule has 0 spiro atoms. The Labute approximate surface area is 144 Å². The topological polar surface area (TPSA) is 82.3 Å². The molecule has 0 unspecified atom stereocenters. The van der Waals surface area contributed by atoms with Gasteiger partial charge in [0.05, 0.1) is 12.1 Å². The molecule has 0 fully saturated rings. The van der Waals surface area contributed by atoms with Gasteiger partial charge in [-0.25, -0.2) is 0 Å². The molecular weight excluding hydrogens is 328 g/mol. The summed E-state index contributed by atoms with van der Waals surface area (Å²) in [4.78, 5) is 12.3. The number of aromatic hydroxyl groups is 1. The van der Waals surface area contributed by atoms with Gasteiger partial charge in [-0.1, -0.05) is 29.8 Å². The van der Waals surface area contributed by atoms with E-state index in [1.54, 1.807) is 12.1 Å². The molecule has 24 heavy (non-hydrogen) atoms. The second-order valence-corrected chi connectivity index (χ2v) is 5.40. The molecule has 2 aromatic rings. The molecule has 2 aromatic carbocycles. The molecule has 122 valence electrons. The summed E-state index contributed by atoms with van der Waals surface area (Å²) in [5.74, 6) is -0.570. The lowest BCUT2D eigenvalue weighted by Crippen LogP contribution is -2.14. The highest BCUT2D eigenvalue weighted by atomic mass is 35.5. The molecule has 0 aromatic heterocycles. The minimum absolute atomic E-state index is 0.0669. The van der Waals surface area contributed by atoms with Crippen molar-refractivity contribution in [1.82, 2.24) is 0 Å². The number of amides is 1. The van der Waals surface area contributed by atoms with Gasteiger partial charge in [0.2, 0.25) is 0 Å². The fourth-order valence-electron chi connectivity index (χ4n) is 2.05. The zero-order valence-electron chi connectivity index (χ0n) is 13.1. The number of phenols is 1. The van der Waals surface area contributed by atoms with Crippen LogP contribution in [0.1, 0.15) is 11.1 Å². The smallest absolute Gasteiger partial charge is 0.266 e. The lowest BCUT2D eigenvalue weighted by atomic mass is 10.1. The summed E-state index contributed by atoms with van der Waals surface area (Å²) in [5.41, 5.74) is 1.88. The zero-order chi connectivity index (χ0) is 17.7. The minimum atomic E-state index is -0.532. The van der Waals surface area contributed by atoms with E-state index in [-0.39, 0.29) is 22.1 Å². The molecule has 6 heteroatoms. The molecule has 2 rings (SSSR count). The highest BCUT2D eigenvalue weighted by Gasteiger charge is 2.13. The van der Waals surface area contributed by atoms with Crippen molar-refractivity contribution in [3.63, 3.8) is 0 Å². The molecule has 0 heterocycles. The molecule has 0 aliphatic heterocycles. The first-order valence-corrected chi connectivity index (χ1v) is 7.39. The molecule has 1 amide bonds. The summed E-state index contributed by atoms with van der Waals surface area (Å²) in [6.07, 6.45) is 1.38. The third-order valence-electron chi connectivity index (χ3n) is 3.34. The number of nitrogens with zero attached hydrogens (tertiary/aromatic N) is 1. The van der Waals surface area contributed by atoms with Crippen LogP contribution < -0.4 is 10.1 Å². The van der Waals surface area contributed by atoms with Crippen molar-refractivity contribution in [1.29, 1.82) is 5.26 Å². The van der Waals surface area contributed by atoms with Gasteiger partial charge in [0.1, 0.15) is 11.6 Å². The number of aryl methyl sites for hydroxylation is 1. The van der Waals surface area contributed by atoms with Crippen LogP contribution in [0.4, 0.5) is 5.69 Å². The van der Waals surface area contributed by atoms with E-state index in [0.29, 0.717) is 11.3 Å².